The fourth-order valence-electron chi connectivity index (χ4n) is 2.68. The normalized spacial score (nSPS) is 16.0. The van der Waals surface area contributed by atoms with Gasteiger partial charge in [0.1, 0.15) is 0 Å². The van der Waals surface area contributed by atoms with Gasteiger partial charge in [-0.15, -0.1) is 0 Å². The number of aromatic nitrogens is 2. The molecule has 0 radical (unpaired) electrons. The lowest BCUT2D eigenvalue weighted by Gasteiger charge is -2.22. The van der Waals surface area contributed by atoms with Gasteiger partial charge in [0.15, 0.2) is 17.2 Å². The molecule has 1 saturated heterocycles. The summed E-state index contributed by atoms with van der Waals surface area (Å²) in [7, 11) is 0. The average molecular weight is 287 g/mol. The molecule has 5 nitrogen and oxygen atoms in total. The molecule has 0 atom stereocenters. The van der Waals surface area contributed by atoms with Gasteiger partial charge in [-0.25, -0.2) is 0 Å². The molecule has 1 aliphatic rings. The largest absolute Gasteiger partial charge is 0.504 e. The van der Waals surface area contributed by atoms with Crippen LogP contribution in [0.5, 0.6) is 17.2 Å². The summed E-state index contributed by atoms with van der Waals surface area (Å²) < 4.78 is 7.77. The zero-order valence-electron chi connectivity index (χ0n) is 12.2. The molecule has 0 unspecified atom stereocenters. The van der Waals surface area contributed by atoms with E-state index in [9.17, 15) is 5.11 Å². The Labute approximate surface area is 124 Å². The van der Waals surface area contributed by atoms with E-state index in [1.807, 2.05) is 17.7 Å². The fourth-order valence-corrected chi connectivity index (χ4v) is 2.68. The third-order valence-corrected chi connectivity index (χ3v) is 4.03. The van der Waals surface area contributed by atoms with E-state index in [2.05, 4.69) is 10.4 Å². The molecular formula is C16H21N3O2. The van der Waals surface area contributed by atoms with Crippen LogP contribution in [0.2, 0.25) is 0 Å². The summed E-state index contributed by atoms with van der Waals surface area (Å²) in [6, 6.07) is 6.97. The Bertz CT molecular complexity index is 603. The maximum Gasteiger partial charge on any atom is 0.169 e. The number of nitrogens with one attached hydrogen (secondary N) is 1. The van der Waals surface area contributed by atoms with E-state index >= 15 is 0 Å². The molecule has 0 aliphatic carbocycles. The van der Waals surface area contributed by atoms with Gasteiger partial charge in [-0.1, -0.05) is 12.1 Å². The van der Waals surface area contributed by atoms with E-state index in [0.29, 0.717) is 17.4 Å². The molecule has 1 aliphatic heterocycles. The summed E-state index contributed by atoms with van der Waals surface area (Å²) >= 11 is 0. The maximum atomic E-state index is 9.77. The van der Waals surface area contributed by atoms with Crippen molar-refractivity contribution in [3.05, 3.63) is 36.2 Å². The first kappa shape index (κ1) is 13.9. The van der Waals surface area contributed by atoms with E-state index in [1.54, 1.807) is 24.4 Å². The summed E-state index contributed by atoms with van der Waals surface area (Å²) in [4.78, 5) is 0. The van der Waals surface area contributed by atoms with Crippen LogP contribution in [0.4, 0.5) is 0 Å². The summed E-state index contributed by atoms with van der Waals surface area (Å²) in [5.74, 6) is 1.97. The Morgan fingerprint density at radius 3 is 2.81 bits per heavy atom. The van der Waals surface area contributed by atoms with Crippen LogP contribution in [-0.2, 0) is 6.54 Å². The van der Waals surface area contributed by atoms with Crippen LogP contribution in [0.3, 0.4) is 0 Å². The highest BCUT2D eigenvalue weighted by atomic mass is 16.5. The molecule has 21 heavy (non-hydrogen) atoms. The standard InChI is InChI=1S/C16H21N3O2/c1-12-16(21-15-5-3-2-4-14(15)20)10-18-19(12)11-13-6-8-17-9-7-13/h2-5,10,13,17,20H,6-9,11H2,1H3. The van der Waals surface area contributed by atoms with Crippen molar-refractivity contribution in [2.24, 2.45) is 5.92 Å². The highest BCUT2D eigenvalue weighted by molar-refractivity contribution is 5.42. The van der Waals surface area contributed by atoms with E-state index in [0.717, 1.165) is 25.3 Å². The van der Waals surface area contributed by atoms with Crippen molar-refractivity contribution in [2.75, 3.05) is 13.1 Å². The SMILES string of the molecule is Cc1c(Oc2ccccc2O)cnn1CC1CCNCC1. The van der Waals surface area contributed by atoms with Gasteiger partial charge >= 0.3 is 0 Å². The number of para-hydroxylation sites is 2. The summed E-state index contributed by atoms with van der Waals surface area (Å²) in [5.41, 5.74) is 0.997. The van der Waals surface area contributed by atoms with Gasteiger partial charge in [0.05, 0.1) is 11.9 Å². The summed E-state index contributed by atoms with van der Waals surface area (Å²) in [6.45, 7) is 5.11. The quantitative estimate of drug-likeness (QED) is 0.907. The number of hydrogen-bond acceptors (Lipinski definition) is 4. The first-order valence-corrected chi connectivity index (χ1v) is 7.43. The van der Waals surface area contributed by atoms with Crippen molar-refractivity contribution in [3.63, 3.8) is 0 Å². The van der Waals surface area contributed by atoms with Crippen LogP contribution >= 0.6 is 0 Å². The third-order valence-electron chi connectivity index (χ3n) is 4.03. The molecule has 3 rings (SSSR count). The first-order chi connectivity index (χ1) is 10.2. The van der Waals surface area contributed by atoms with Crippen LogP contribution < -0.4 is 10.1 Å². The van der Waals surface area contributed by atoms with Gasteiger partial charge in [-0.2, -0.15) is 5.10 Å². The fraction of sp³-hybridized carbons (Fsp3) is 0.438. The summed E-state index contributed by atoms with van der Waals surface area (Å²) in [5, 5.41) is 17.6. The smallest absolute Gasteiger partial charge is 0.169 e. The van der Waals surface area contributed by atoms with Crippen LogP contribution in [0.25, 0.3) is 0 Å². The Hall–Kier alpha value is -2.01. The lowest BCUT2D eigenvalue weighted by atomic mass is 9.98. The second-order valence-electron chi connectivity index (χ2n) is 5.54. The van der Waals surface area contributed by atoms with E-state index < -0.39 is 0 Å². The van der Waals surface area contributed by atoms with Crippen molar-refractivity contribution in [3.8, 4) is 17.2 Å². The number of phenols is 1. The monoisotopic (exact) mass is 287 g/mol. The predicted molar refractivity (Wildman–Crippen MR) is 80.7 cm³/mol. The lowest BCUT2D eigenvalue weighted by Crippen LogP contribution is -2.30. The Balaban J connectivity index is 1.71. The molecule has 1 fully saturated rings. The number of ether oxygens (including phenoxy) is 1. The molecule has 1 aromatic heterocycles. The van der Waals surface area contributed by atoms with Gasteiger partial charge in [0.2, 0.25) is 0 Å². The number of nitrogens with zero attached hydrogens (tertiary/aromatic N) is 2. The van der Waals surface area contributed by atoms with Gasteiger partial charge in [0, 0.05) is 6.54 Å². The van der Waals surface area contributed by atoms with Crippen LogP contribution in [0.1, 0.15) is 18.5 Å². The number of benzene rings is 1. The van der Waals surface area contributed by atoms with Crippen molar-refractivity contribution >= 4 is 0 Å². The van der Waals surface area contributed by atoms with Gasteiger partial charge in [-0.3, -0.25) is 4.68 Å². The molecule has 5 heteroatoms. The van der Waals surface area contributed by atoms with Gasteiger partial charge < -0.3 is 15.2 Å². The topological polar surface area (TPSA) is 59.3 Å². The maximum absolute atomic E-state index is 9.77. The molecule has 2 N–H and O–H groups in total. The number of phenolic OH excluding ortho intramolecular Hbond substituents is 1. The van der Waals surface area contributed by atoms with Crippen molar-refractivity contribution in [1.82, 2.24) is 15.1 Å². The van der Waals surface area contributed by atoms with Gasteiger partial charge in [-0.05, 0) is 50.9 Å². The number of rotatable bonds is 4. The number of hydrogen-bond donors (Lipinski definition) is 2. The second kappa shape index (κ2) is 6.18. The van der Waals surface area contributed by atoms with Crippen LogP contribution in [0, 0.1) is 12.8 Å². The highest BCUT2D eigenvalue weighted by Gasteiger charge is 2.17. The lowest BCUT2D eigenvalue weighted by molar-refractivity contribution is 0.318. The minimum Gasteiger partial charge on any atom is -0.504 e. The average Bonchev–Trinajstić information content (AvgIpc) is 2.84. The molecule has 1 aromatic carbocycles. The minimum atomic E-state index is 0.142. The third kappa shape index (κ3) is 3.19. The molecule has 0 bridgehead atoms. The van der Waals surface area contributed by atoms with E-state index in [4.69, 9.17) is 4.74 Å². The second-order valence-corrected chi connectivity index (χ2v) is 5.54. The number of piperidine rings is 1. The molecular weight excluding hydrogens is 266 g/mol. The van der Waals surface area contributed by atoms with E-state index in [-0.39, 0.29) is 5.75 Å². The predicted octanol–water partition coefficient (Wildman–Crippen LogP) is 2.69. The Morgan fingerprint density at radius 2 is 2.05 bits per heavy atom. The molecule has 0 spiro atoms. The van der Waals surface area contributed by atoms with Crippen molar-refractivity contribution in [2.45, 2.75) is 26.3 Å². The van der Waals surface area contributed by atoms with Crippen molar-refractivity contribution in [1.29, 1.82) is 0 Å². The highest BCUT2D eigenvalue weighted by Crippen LogP contribution is 2.31. The first-order valence-electron chi connectivity index (χ1n) is 7.43. The summed E-state index contributed by atoms with van der Waals surface area (Å²) in [6.07, 6.45) is 4.10. The minimum absolute atomic E-state index is 0.142. The number of aromatic hydroxyl groups is 1. The Kier molecular flexibility index (Phi) is 4.10. The molecule has 2 heterocycles. The Morgan fingerprint density at radius 1 is 1.29 bits per heavy atom. The van der Waals surface area contributed by atoms with Crippen LogP contribution in [-0.4, -0.2) is 28.0 Å². The zero-order chi connectivity index (χ0) is 14.7. The molecule has 2 aromatic rings. The molecule has 0 amide bonds. The van der Waals surface area contributed by atoms with Crippen molar-refractivity contribution < 1.29 is 9.84 Å². The zero-order valence-corrected chi connectivity index (χ0v) is 12.2. The van der Waals surface area contributed by atoms with E-state index in [1.165, 1.54) is 12.8 Å². The van der Waals surface area contributed by atoms with Crippen LogP contribution in [0.15, 0.2) is 30.5 Å². The molecule has 112 valence electrons. The van der Waals surface area contributed by atoms with Gasteiger partial charge in [0.25, 0.3) is 0 Å². The molecule has 0 saturated carbocycles.